The van der Waals surface area contributed by atoms with Gasteiger partial charge in [0.15, 0.2) is 5.84 Å². The van der Waals surface area contributed by atoms with Crippen molar-refractivity contribution in [2.24, 2.45) is 11.8 Å². The first-order chi connectivity index (χ1) is 13.9. The first kappa shape index (κ1) is 22.4. The van der Waals surface area contributed by atoms with Gasteiger partial charge in [-0.3, -0.25) is 9.36 Å². The van der Waals surface area contributed by atoms with Crippen molar-refractivity contribution in [3.63, 3.8) is 0 Å². The van der Waals surface area contributed by atoms with Crippen LogP contribution in [-0.4, -0.2) is 20.4 Å². The maximum absolute atomic E-state index is 12.7. The van der Waals surface area contributed by atoms with Gasteiger partial charge in [-0.15, -0.1) is 0 Å². The molecule has 3 aromatic rings. The van der Waals surface area contributed by atoms with E-state index in [0.717, 1.165) is 0 Å². The molecule has 0 radical (unpaired) electrons. The van der Waals surface area contributed by atoms with Crippen molar-refractivity contribution in [2.75, 3.05) is 5.32 Å². The Morgan fingerprint density at radius 1 is 1.00 bits per heavy atom. The molecule has 2 heterocycles. The van der Waals surface area contributed by atoms with Crippen molar-refractivity contribution in [2.45, 2.75) is 27.7 Å². The summed E-state index contributed by atoms with van der Waals surface area (Å²) in [7, 11) is -2.47. The number of hydrogen-bond acceptors (Lipinski definition) is 4. The molecule has 29 heavy (non-hydrogen) atoms. The third kappa shape index (κ3) is 3.97. The maximum atomic E-state index is 12.7. The molecule has 2 aromatic carbocycles. The largest absolute Gasteiger partial charge is 0.506 e. The zero-order valence-electron chi connectivity index (χ0n) is 17.2. The Balaban J connectivity index is 0.000000707. The summed E-state index contributed by atoms with van der Waals surface area (Å²) < 4.78 is 17.8. The summed E-state index contributed by atoms with van der Waals surface area (Å²) in [4.78, 5) is 23.0. The molecule has 1 atom stereocenters. The average Bonchev–Trinajstić information content (AvgIpc) is 2.75. The smallest absolute Gasteiger partial charge is 0.346 e. The van der Waals surface area contributed by atoms with Crippen molar-refractivity contribution in [1.29, 1.82) is 0 Å². The molecule has 0 spiro atoms. The molecule has 0 aliphatic carbocycles. The normalized spacial score (nSPS) is 17.0. The highest BCUT2D eigenvalue weighted by molar-refractivity contribution is 7.65. The summed E-state index contributed by atoms with van der Waals surface area (Å²) in [6, 6.07) is 13.3. The highest BCUT2D eigenvalue weighted by atomic mass is 31.2. The van der Waals surface area contributed by atoms with Crippen LogP contribution in [0.3, 0.4) is 0 Å². The van der Waals surface area contributed by atoms with Gasteiger partial charge in [-0.05, 0) is 24.3 Å². The van der Waals surface area contributed by atoms with Crippen molar-refractivity contribution in [1.82, 2.24) is 4.57 Å². The van der Waals surface area contributed by atoms with Crippen molar-refractivity contribution < 1.29 is 14.6 Å². The molecule has 0 saturated heterocycles. The van der Waals surface area contributed by atoms with Crippen molar-refractivity contribution in [3.8, 4) is 5.75 Å². The van der Waals surface area contributed by atoms with Gasteiger partial charge < -0.3 is 19.9 Å². The van der Waals surface area contributed by atoms with Gasteiger partial charge in [0.05, 0.1) is 16.5 Å². The third-order valence-corrected chi connectivity index (χ3v) is 5.71. The van der Waals surface area contributed by atoms with E-state index in [1.807, 2.05) is 27.7 Å². The second-order valence-corrected chi connectivity index (χ2v) is 7.51. The SMILES string of the molecule is CC.CC.Cn1c(=O)c(C2=NP(=O)(O)c3ccccc3N2)c(O)c2ccccc21. The molecule has 4 rings (SSSR count). The predicted molar refractivity (Wildman–Crippen MR) is 120 cm³/mol. The van der Waals surface area contributed by atoms with Gasteiger partial charge in [0.25, 0.3) is 5.56 Å². The topological polar surface area (TPSA) is 104 Å². The van der Waals surface area contributed by atoms with E-state index in [1.165, 1.54) is 10.6 Å². The Morgan fingerprint density at radius 3 is 2.28 bits per heavy atom. The summed E-state index contributed by atoms with van der Waals surface area (Å²) >= 11 is 0. The van der Waals surface area contributed by atoms with Gasteiger partial charge in [-0.1, -0.05) is 52.0 Å². The number of aromatic nitrogens is 1. The molecule has 7 nitrogen and oxygen atoms in total. The number of nitrogens with one attached hydrogen (secondary N) is 1. The number of pyridine rings is 1. The number of amidine groups is 1. The molecule has 1 aliphatic heterocycles. The lowest BCUT2D eigenvalue weighted by Gasteiger charge is -2.22. The molecule has 0 fully saturated rings. The Hall–Kier alpha value is -2.89. The molecule has 8 heteroatoms. The zero-order valence-corrected chi connectivity index (χ0v) is 18.1. The minimum Gasteiger partial charge on any atom is -0.506 e. The Kier molecular flexibility index (Phi) is 7.01. The Labute approximate surface area is 169 Å². The van der Waals surface area contributed by atoms with Crippen LogP contribution in [0.25, 0.3) is 10.9 Å². The average molecular weight is 415 g/mol. The van der Waals surface area contributed by atoms with E-state index in [2.05, 4.69) is 10.1 Å². The van der Waals surface area contributed by atoms with Gasteiger partial charge in [0.2, 0.25) is 0 Å². The molecule has 1 aliphatic rings. The monoisotopic (exact) mass is 415 g/mol. The van der Waals surface area contributed by atoms with Gasteiger partial charge in [-0.25, -0.2) is 0 Å². The van der Waals surface area contributed by atoms with Crippen molar-refractivity contribution >= 4 is 35.3 Å². The summed E-state index contributed by atoms with van der Waals surface area (Å²) in [6.07, 6.45) is 0. The number of anilines is 1. The predicted octanol–water partition coefficient (Wildman–Crippen LogP) is 3.98. The number of aromatic hydroxyl groups is 1. The molecular weight excluding hydrogens is 389 g/mol. The van der Waals surface area contributed by atoms with Gasteiger partial charge in [-0.2, -0.15) is 4.76 Å². The summed E-state index contributed by atoms with van der Waals surface area (Å²) in [5, 5.41) is 14.1. The first-order valence-corrected chi connectivity index (χ1v) is 11.1. The number of nitrogens with zero attached hydrogens (tertiary/aromatic N) is 2. The molecule has 0 saturated carbocycles. The van der Waals surface area contributed by atoms with Crippen LogP contribution in [0.1, 0.15) is 33.3 Å². The van der Waals surface area contributed by atoms with Crippen LogP contribution in [0.5, 0.6) is 5.75 Å². The Bertz CT molecular complexity index is 1170. The van der Waals surface area contributed by atoms with Gasteiger partial charge in [0.1, 0.15) is 11.3 Å². The van der Waals surface area contributed by atoms with Gasteiger partial charge >= 0.3 is 7.52 Å². The number of rotatable bonds is 1. The number of aryl methyl sites for hydroxylation is 1. The van der Waals surface area contributed by atoms with Crippen molar-refractivity contribution in [3.05, 3.63) is 64.4 Å². The lowest BCUT2D eigenvalue weighted by molar-refractivity contribution is 0.478. The summed E-state index contributed by atoms with van der Waals surface area (Å²) in [5.41, 5.74) is 0.289. The fourth-order valence-electron chi connectivity index (χ4n) is 2.98. The summed E-state index contributed by atoms with van der Waals surface area (Å²) in [5.74, 6) is -0.391. The van der Waals surface area contributed by atoms with E-state index in [4.69, 9.17) is 0 Å². The second kappa shape index (κ2) is 9.07. The molecule has 1 aromatic heterocycles. The van der Waals surface area contributed by atoms with E-state index in [9.17, 15) is 19.4 Å². The molecule has 0 bridgehead atoms. The van der Waals surface area contributed by atoms with Crippen LogP contribution in [0.2, 0.25) is 0 Å². The van der Waals surface area contributed by atoms with Gasteiger partial charge in [0, 0.05) is 12.4 Å². The molecule has 0 amide bonds. The van der Waals surface area contributed by atoms with Crippen LogP contribution in [0.15, 0.2) is 58.1 Å². The maximum Gasteiger partial charge on any atom is 0.346 e. The standard InChI is InChI=1S/C17H14N3O4P.2C2H6/c1-20-12-8-4-2-6-10(12)15(21)14(17(20)22)16-18-11-7-3-5-9-13(11)25(23,24)19-16;2*1-2/h2-9,21H,1H3,(H2,18,19,23,24);2*1-2H3. The number of hydrogen-bond donors (Lipinski definition) is 3. The van der Waals surface area contributed by atoms with E-state index >= 15 is 0 Å². The lowest BCUT2D eigenvalue weighted by Crippen LogP contribution is -2.32. The van der Waals surface area contributed by atoms with Crippen LogP contribution < -0.4 is 16.2 Å². The molecule has 1 unspecified atom stereocenters. The highest BCUT2D eigenvalue weighted by Crippen LogP contribution is 2.46. The van der Waals surface area contributed by atoms with Crippen LogP contribution in [0, 0.1) is 0 Å². The zero-order chi connectivity index (χ0) is 21.8. The molecule has 3 N–H and O–H groups in total. The van der Waals surface area contributed by atoms with E-state index in [0.29, 0.717) is 16.6 Å². The minimum absolute atomic E-state index is 0.117. The lowest BCUT2D eigenvalue weighted by atomic mass is 10.1. The van der Waals surface area contributed by atoms with E-state index in [1.54, 1.807) is 49.5 Å². The Morgan fingerprint density at radius 2 is 1.59 bits per heavy atom. The van der Waals surface area contributed by atoms with E-state index < -0.39 is 13.1 Å². The van der Waals surface area contributed by atoms with Crippen LogP contribution in [-0.2, 0) is 11.6 Å². The first-order valence-electron chi connectivity index (χ1n) is 9.51. The summed E-state index contributed by atoms with van der Waals surface area (Å²) in [6.45, 7) is 8.00. The second-order valence-electron chi connectivity index (χ2n) is 5.74. The quantitative estimate of drug-likeness (QED) is 0.522. The number of para-hydroxylation sites is 2. The van der Waals surface area contributed by atoms with Crippen LogP contribution in [0.4, 0.5) is 5.69 Å². The van der Waals surface area contributed by atoms with Crippen LogP contribution >= 0.6 is 7.52 Å². The highest BCUT2D eigenvalue weighted by Gasteiger charge is 2.32. The number of benzene rings is 2. The molecule has 154 valence electrons. The third-order valence-electron chi connectivity index (χ3n) is 4.22. The minimum atomic E-state index is -4.05. The molecular formula is C21H26N3O4P. The fourth-order valence-corrected chi connectivity index (χ4v) is 4.23. The van der Waals surface area contributed by atoms with E-state index in [-0.39, 0.29) is 22.5 Å². The number of fused-ring (bicyclic) bond motifs is 2. The fraction of sp³-hybridized carbons (Fsp3) is 0.238.